The van der Waals surface area contributed by atoms with Gasteiger partial charge in [0.05, 0.1) is 19.0 Å². The van der Waals surface area contributed by atoms with Crippen LogP contribution in [0, 0.1) is 5.92 Å². The van der Waals surface area contributed by atoms with Crippen molar-refractivity contribution in [2.45, 2.75) is 6.10 Å². The number of ether oxygens (including phenoxy) is 1. The fourth-order valence-electron chi connectivity index (χ4n) is 3.08. The van der Waals surface area contributed by atoms with Crippen molar-refractivity contribution in [3.8, 4) is 0 Å². The fraction of sp³-hybridized carbons (Fsp3) is 0.692. The van der Waals surface area contributed by atoms with Crippen LogP contribution in [0.3, 0.4) is 0 Å². The van der Waals surface area contributed by atoms with Crippen molar-refractivity contribution in [2.75, 3.05) is 39.0 Å². The van der Waals surface area contributed by atoms with Crippen LogP contribution in [0.15, 0.2) is 12.3 Å². The van der Waals surface area contributed by atoms with E-state index in [1.54, 1.807) is 28.9 Å². The molecule has 22 heavy (non-hydrogen) atoms. The van der Waals surface area contributed by atoms with Crippen LogP contribution in [0.2, 0.25) is 0 Å². The summed E-state index contributed by atoms with van der Waals surface area (Å²) in [5.41, 5.74) is 0.524. The Hall–Kier alpha value is -1.45. The van der Waals surface area contributed by atoms with Gasteiger partial charge in [0.2, 0.25) is 10.0 Å². The van der Waals surface area contributed by atoms with Gasteiger partial charge in [-0.1, -0.05) is 0 Å². The Balaban J connectivity index is 1.74. The SMILES string of the molecule is Cn1nccc1C(=O)N1C[C@@H]2CN(S(C)(=O)=O)CCO[C@@H]2C1. The van der Waals surface area contributed by atoms with Crippen LogP contribution in [0.5, 0.6) is 0 Å². The summed E-state index contributed by atoms with van der Waals surface area (Å²) in [6.45, 7) is 2.13. The van der Waals surface area contributed by atoms with Crippen LogP contribution in [-0.2, 0) is 21.8 Å². The van der Waals surface area contributed by atoms with Crippen molar-refractivity contribution in [3.63, 3.8) is 0 Å². The highest BCUT2D eigenvalue weighted by Crippen LogP contribution is 2.25. The van der Waals surface area contributed by atoms with Crippen molar-refractivity contribution in [2.24, 2.45) is 13.0 Å². The summed E-state index contributed by atoms with van der Waals surface area (Å²) in [6, 6.07) is 1.68. The number of aromatic nitrogens is 2. The molecule has 2 atom stereocenters. The standard InChI is InChI=1S/C13H20N4O4S/c1-15-11(3-4-14-15)13(18)16-7-10-8-17(22(2,19)20)5-6-21-12(10)9-16/h3-4,10,12H,5-9H2,1-2H3/t10-,12-/m1/s1. The molecule has 2 aliphatic heterocycles. The lowest BCUT2D eigenvalue weighted by Crippen LogP contribution is -2.37. The zero-order valence-electron chi connectivity index (χ0n) is 12.7. The van der Waals surface area contributed by atoms with Crippen molar-refractivity contribution in [1.82, 2.24) is 19.0 Å². The lowest BCUT2D eigenvalue weighted by Gasteiger charge is -2.21. The Labute approximate surface area is 129 Å². The molecule has 2 aliphatic rings. The Kier molecular flexibility index (Phi) is 3.96. The minimum Gasteiger partial charge on any atom is -0.375 e. The molecule has 0 spiro atoms. The van der Waals surface area contributed by atoms with Gasteiger partial charge in [-0.05, 0) is 6.07 Å². The van der Waals surface area contributed by atoms with Gasteiger partial charge in [-0.2, -0.15) is 9.40 Å². The van der Waals surface area contributed by atoms with E-state index in [9.17, 15) is 13.2 Å². The number of nitrogens with zero attached hydrogens (tertiary/aromatic N) is 4. The quantitative estimate of drug-likeness (QED) is 0.706. The van der Waals surface area contributed by atoms with Gasteiger partial charge in [-0.15, -0.1) is 0 Å². The monoisotopic (exact) mass is 328 g/mol. The summed E-state index contributed by atoms with van der Waals surface area (Å²) in [5, 5.41) is 4.01. The predicted molar refractivity (Wildman–Crippen MR) is 78.8 cm³/mol. The minimum absolute atomic E-state index is 0.00871. The fourth-order valence-corrected chi connectivity index (χ4v) is 3.95. The summed E-state index contributed by atoms with van der Waals surface area (Å²) < 4.78 is 32.2. The van der Waals surface area contributed by atoms with Crippen molar-refractivity contribution in [3.05, 3.63) is 18.0 Å². The first kappa shape index (κ1) is 15.4. The molecule has 3 rings (SSSR count). The highest BCUT2D eigenvalue weighted by Gasteiger charge is 2.40. The van der Waals surface area contributed by atoms with Crippen molar-refractivity contribution < 1.29 is 17.9 Å². The van der Waals surface area contributed by atoms with Crippen LogP contribution in [0.1, 0.15) is 10.5 Å². The van der Waals surface area contributed by atoms with Crippen LogP contribution in [0.4, 0.5) is 0 Å². The molecule has 0 aliphatic carbocycles. The van der Waals surface area contributed by atoms with Gasteiger partial charge in [0.25, 0.3) is 5.91 Å². The van der Waals surface area contributed by atoms with Crippen LogP contribution in [-0.4, -0.2) is 78.5 Å². The smallest absolute Gasteiger partial charge is 0.272 e. The summed E-state index contributed by atoms with van der Waals surface area (Å²) in [6.07, 6.45) is 2.69. The molecule has 0 bridgehead atoms. The van der Waals surface area contributed by atoms with E-state index < -0.39 is 10.0 Å². The number of carbonyl (C=O) groups excluding carboxylic acids is 1. The summed E-state index contributed by atoms with van der Waals surface area (Å²) in [4.78, 5) is 14.2. The van der Waals surface area contributed by atoms with Gasteiger partial charge in [-0.3, -0.25) is 9.48 Å². The molecule has 3 heterocycles. The van der Waals surface area contributed by atoms with E-state index in [0.29, 0.717) is 38.5 Å². The number of hydrogen-bond donors (Lipinski definition) is 0. The lowest BCUT2D eigenvalue weighted by molar-refractivity contribution is 0.0489. The maximum atomic E-state index is 12.5. The number of likely N-dealkylation sites (tertiary alicyclic amines) is 1. The van der Waals surface area contributed by atoms with Crippen LogP contribution >= 0.6 is 0 Å². The van der Waals surface area contributed by atoms with E-state index in [4.69, 9.17) is 4.74 Å². The number of aryl methyl sites for hydroxylation is 1. The van der Waals surface area contributed by atoms with Gasteiger partial charge >= 0.3 is 0 Å². The van der Waals surface area contributed by atoms with Crippen LogP contribution < -0.4 is 0 Å². The first-order valence-corrected chi connectivity index (χ1v) is 9.05. The van der Waals surface area contributed by atoms with E-state index in [-0.39, 0.29) is 17.9 Å². The average molecular weight is 328 g/mol. The Morgan fingerprint density at radius 1 is 1.36 bits per heavy atom. The number of carbonyl (C=O) groups is 1. The average Bonchev–Trinajstić information content (AvgIpc) is 2.98. The van der Waals surface area contributed by atoms with E-state index in [0.717, 1.165) is 0 Å². The summed E-state index contributed by atoms with van der Waals surface area (Å²) in [7, 11) is -1.51. The molecule has 0 N–H and O–H groups in total. The van der Waals surface area contributed by atoms with E-state index in [1.807, 2.05) is 0 Å². The third kappa shape index (κ3) is 2.88. The lowest BCUT2D eigenvalue weighted by atomic mass is 10.1. The Morgan fingerprint density at radius 3 is 2.77 bits per heavy atom. The van der Waals surface area contributed by atoms with Gasteiger partial charge < -0.3 is 9.64 Å². The zero-order valence-corrected chi connectivity index (χ0v) is 13.5. The highest BCUT2D eigenvalue weighted by atomic mass is 32.2. The maximum absolute atomic E-state index is 12.5. The molecular formula is C13H20N4O4S. The first-order chi connectivity index (χ1) is 10.4. The summed E-state index contributed by atoms with van der Waals surface area (Å²) >= 11 is 0. The molecule has 122 valence electrons. The number of sulfonamides is 1. The predicted octanol–water partition coefficient (Wildman–Crippen LogP) is -0.847. The topological polar surface area (TPSA) is 84.7 Å². The number of rotatable bonds is 2. The molecule has 1 amide bonds. The van der Waals surface area contributed by atoms with Gasteiger partial charge in [0, 0.05) is 45.3 Å². The molecule has 0 unspecified atom stereocenters. The first-order valence-electron chi connectivity index (χ1n) is 7.20. The third-order valence-electron chi connectivity index (χ3n) is 4.29. The van der Waals surface area contributed by atoms with E-state index in [1.165, 1.54) is 10.6 Å². The molecule has 9 heteroatoms. The summed E-state index contributed by atoms with van der Waals surface area (Å²) in [5.74, 6) is -0.0861. The van der Waals surface area contributed by atoms with E-state index in [2.05, 4.69) is 5.10 Å². The van der Waals surface area contributed by atoms with Gasteiger partial charge in [-0.25, -0.2) is 8.42 Å². The Morgan fingerprint density at radius 2 is 2.14 bits per heavy atom. The second-order valence-electron chi connectivity index (χ2n) is 5.84. The van der Waals surface area contributed by atoms with Gasteiger partial charge in [0.15, 0.2) is 0 Å². The number of fused-ring (bicyclic) bond motifs is 1. The molecule has 0 radical (unpaired) electrons. The molecular weight excluding hydrogens is 308 g/mol. The van der Waals surface area contributed by atoms with Gasteiger partial charge in [0.1, 0.15) is 5.69 Å². The molecule has 1 aromatic rings. The second-order valence-corrected chi connectivity index (χ2v) is 7.82. The van der Waals surface area contributed by atoms with Crippen LogP contribution in [0.25, 0.3) is 0 Å². The second kappa shape index (κ2) is 5.64. The van der Waals surface area contributed by atoms with Crippen molar-refractivity contribution >= 4 is 15.9 Å². The normalized spacial score (nSPS) is 26.7. The molecule has 0 aromatic carbocycles. The van der Waals surface area contributed by atoms with E-state index >= 15 is 0 Å². The molecule has 2 saturated heterocycles. The minimum atomic E-state index is -3.24. The van der Waals surface area contributed by atoms with Crippen molar-refractivity contribution in [1.29, 1.82) is 0 Å². The zero-order chi connectivity index (χ0) is 15.9. The number of hydrogen-bond acceptors (Lipinski definition) is 5. The molecule has 8 nitrogen and oxygen atoms in total. The largest absolute Gasteiger partial charge is 0.375 e. The maximum Gasteiger partial charge on any atom is 0.272 e. The molecule has 0 saturated carbocycles. The number of amides is 1. The molecule has 2 fully saturated rings. The highest BCUT2D eigenvalue weighted by molar-refractivity contribution is 7.88. The Bertz CT molecular complexity index is 671. The third-order valence-corrected chi connectivity index (χ3v) is 5.56. The molecule has 1 aromatic heterocycles.